The van der Waals surface area contributed by atoms with E-state index in [2.05, 4.69) is 33.0 Å². The Morgan fingerprint density at radius 2 is 1.97 bits per heavy atom. The number of pyridine rings is 1. The third-order valence-corrected chi connectivity index (χ3v) is 5.64. The number of rotatable bonds is 5. The van der Waals surface area contributed by atoms with Crippen molar-refractivity contribution < 1.29 is 9.47 Å². The summed E-state index contributed by atoms with van der Waals surface area (Å²) in [7, 11) is 1.69. The van der Waals surface area contributed by atoms with Crippen LogP contribution in [0.3, 0.4) is 0 Å². The fraction of sp³-hybridized carbons (Fsp3) is 0.348. The van der Waals surface area contributed by atoms with Crippen molar-refractivity contribution in [2.45, 2.75) is 13.0 Å². The number of aromatic nitrogens is 3. The number of methoxy groups -OCH3 is 1. The number of benzene rings is 1. The summed E-state index contributed by atoms with van der Waals surface area (Å²) in [5, 5.41) is 0. The molecule has 0 bridgehead atoms. The third-order valence-electron chi connectivity index (χ3n) is 5.64. The van der Waals surface area contributed by atoms with Crippen molar-refractivity contribution in [1.82, 2.24) is 15.0 Å². The molecule has 0 aliphatic carbocycles. The van der Waals surface area contributed by atoms with E-state index >= 15 is 0 Å². The normalized spacial score (nSPS) is 15.9. The second kappa shape index (κ2) is 8.28. The van der Waals surface area contributed by atoms with Crippen LogP contribution in [0.4, 0.5) is 11.8 Å². The summed E-state index contributed by atoms with van der Waals surface area (Å²) < 4.78 is 11.0. The van der Waals surface area contributed by atoms with Gasteiger partial charge in [0.2, 0.25) is 5.95 Å². The highest BCUT2D eigenvalue weighted by atomic mass is 16.5. The van der Waals surface area contributed by atoms with Gasteiger partial charge < -0.3 is 19.3 Å². The predicted octanol–water partition coefficient (Wildman–Crippen LogP) is 2.95. The van der Waals surface area contributed by atoms with E-state index in [-0.39, 0.29) is 0 Å². The molecule has 4 heterocycles. The molecule has 0 N–H and O–H groups in total. The quantitative estimate of drug-likeness (QED) is 0.649. The lowest BCUT2D eigenvalue weighted by Gasteiger charge is -2.28. The van der Waals surface area contributed by atoms with E-state index in [1.807, 2.05) is 24.4 Å². The maximum Gasteiger partial charge on any atom is 0.228 e. The molecule has 0 atom stereocenters. The van der Waals surface area contributed by atoms with E-state index in [1.165, 1.54) is 11.1 Å². The highest BCUT2D eigenvalue weighted by molar-refractivity contribution is 5.73. The molecular formula is C23H25N5O2. The lowest BCUT2D eigenvalue weighted by molar-refractivity contribution is 0.122. The van der Waals surface area contributed by atoms with Crippen LogP contribution in [0.25, 0.3) is 11.3 Å². The van der Waals surface area contributed by atoms with Crippen LogP contribution in [0.2, 0.25) is 0 Å². The Hall–Kier alpha value is -3.19. The Kier molecular flexibility index (Phi) is 5.19. The van der Waals surface area contributed by atoms with Crippen molar-refractivity contribution in [3.63, 3.8) is 0 Å². The molecule has 2 aromatic heterocycles. The molecule has 30 heavy (non-hydrogen) atoms. The van der Waals surface area contributed by atoms with Crippen LogP contribution in [0.5, 0.6) is 5.75 Å². The van der Waals surface area contributed by atoms with Crippen LogP contribution in [0.1, 0.15) is 11.1 Å². The monoisotopic (exact) mass is 403 g/mol. The molecule has 7 nitrogen and oxygen atoms in total. The van der Waals surface area contributed by atoms with Crippen molar-refractivity contribution in [3.8, 4) is 17.0 Å². The molecule has 1 fully saturated rings. The standard InChI is InChI=1S/C23H25N5O2/c1-29-19-6-2-5-18(14-19)21-20-7-9-28(16-17-4-3-8-24-15-17)22(20)26-23(25-21)27-10-12-30-13-11-27/h2-6,8,14-15H,7,9-13,16H2,1H3. The second-order valence-corrected chi connectivity index (χ2v) is 7.54. The van der Waals surface area contributed by atoms with Crippen LogP contribution in [-0.4, -0.2) is 54.9 Å². The zero-order chi connectivity index (χ0) is 20.3. The van der Waals surface area contributed by atoms with Crippen LogP contribution in [0.15, 0.2) is 48.8 Å². The van der Waals surface area contributed by atoms with Gasteiger partial charge in [0.1, 0.15) is 11.6 Å². The Balaban J connectivity index is 1.58. The van der Waals surface area contributed by atoms with Gasteiger partial charge in [-0.25, -0.2) is 4.98 Å². The number of hydrogen-bond donors (Lipinski definition) is 0. The van der Waals surface area contributed by atoms with E-state index in [1.54, 1.807) is 13.3 Å². The highest BCUT2D eigenvalue weighted by Crippen LogP contribution is 2.37. The van der Waals surface area contributed by atoms with Gasteiger partial charge in [0.05, 0.1) is 26.0 Å². The lowest BCUT2D eigenvalue weighted by atomic mass is 10.1. The molecule has 0 spiro atoms. The molecule has 5 rings (SSSR count). The summed E-state index contributed by atoms with van der Waals surface area (Å²) in [5.41, 5.74) is 4.43. The van der Waals surface area contributed by atoms with Gasteiger partial charge in [-0.3, -0.25) is 4.98 Å². The number of hydrogen-bond acceptors (Lipinski definition) is 7. The molecule has 0 saturated carbocycles. The van der Waals surface area contributed by atoms with E-state index in [0.717, 1.165) is 61.4 Å². The summed E-state index contributed by atoms with van der Waals surface area (Å²) in [6, 6.07) is 12.2. The van der Waals surface area contributed by atoms with Crippen LogP contribution >= 0.6 is 0 Å². The lowest BCUT2D eigenvalue weighted by Crippen LogP contribution is -2.37. The van der Waals surface area contributed by atoms with Gasteiger partial charge in [-0.2, -0.15) is 4.98 Å². The van der Waals surface area contributed by atoms with Crippen molar-refractivity contribution in [3.05, 3.63) is 59.9 Å². The molecule has 1 saturated heterocycles. The predicted molar refractivity (Wildman–Crippen MR) is 116 cm³/mol. The molecule has 2 aliphatic heterocycles. The van der Waals surface area contributed by atoms with Crippen molar-refractivity contribution in [1.29, 1.82) is 0 Å². The number of ether oxygens (including phenoxy) is 2. The van der Waals surface area contributed by atoms with Gasteiger partial charge in [-0.15, -0.1) is 0 Å². The van der Waals surface area contributed by atoms with E-state index in [4.69, 9.17) is 19.4 Å². The molecule has 0 radical (unpaired) electrons. The minimum atomic E-state index is 0.703. The first kappa shape index (κ1) is 18.8. The van der Waals surface area contributed by atoms with Crippen molar-refractivity contribution in [2.75, 3.05) is 49.8 Å². The van der Waals surface area contributed by atoms with E-state index in [0.29, 0.717) is 13.2 Å². The van der Waals surface area contributed by atoms with E-state index in [9.17, 15) is 0 Å². The molecule has 1 aromatic carbocycles. The SMILES string of the molecule is COc1cccc(-c2nc(N3CCOCC3)nc3c2CCN3Cc2cccnc2)c1. The molecule has 154 valence electrons. The largest absolute Gasteiger partial charge is 0.497 e. The summed E-state index contributed by atoms with van der Waals surface area (Å²) in [5.74, 6) is 2.62. The Morgan fingerprint density at radius 3 is 2.77 bits per heavy atom. The van der Waals surface area contributed by atoms with Crippen LogP contribution in [-0.2, 0) is 17.7 Å². The fourth-order valence-corrected chi connectivity index (χ4v) is 4.08. The summed E-state index contributed by atoms with van der Waals surface area (Å²) in [6.45, 7) is 4.72. The van der Waals surface area contributed by atoms with Gasteiger partial charge in [-0.05, 0) is 30.2 Å². The van der Waals surface area contributed by atoms with Gasteiger partial charge >= 0.3 is 0 Å². The summed E-state index contributed by atoms with van der Waals surface area (Å²) in [6.07, 6.45) is 4.65. The van der Waals surface area contributed by atoms with E-state index < -0.39 is 0 Å². The first-order valence-electron chi connectivity index (χ1n) is 10.3. The Bertz CT molecular complexity index is 1020. The number of nitrogens with zero attached hydrogens (tertiary/aromatic N) is 5. The molecule has 7 heteroatoms. The van der Waals surface area contributed by atoms with Crippen molar-refractivity contribution in [2.24, 2.45) is 0 Å². The second-order valence-electron chi connectivity index (χ2n) is 7.54. The number of fused-ring (bicyclic) bond motifs is 1. The minimum Gasteiger partial charge on any atom is -0.497 e. The maximum atomic E-state index is 5.53. The summed E-state index contributed by atoms with van der Waals surface area (Å²) in [4.78, 5) is 18.9. The van der Waals surface area contributed by atoms with Gasteiger partial charge in [0.25, 0.3) is 0 Å². The molecular weight excluding hydrogens is 378 g/mol. The Morgan fingerprint density at radius 1 is 1.07 bits per heavy atom. The third kappa shape index (κ3) is 3.68. The average Bonchev–Trinajstić information content (AvgIpc) is 3.22. The number of anilines is 2. The minimum absolute atomic E-state index is 0.703. The average molecular weight is 403 g/mol. The zero-order valence-corrected chi connectivity index (χ0v) is 17.1. The molecule has 0 unspecified atom stereocenters. The van der Waals surface area contributed by atoms with Crippen LogP contribution < -0.4 is 14.5 Å². The smallest absolute Gasteiger partial charge is 0.228 e. The first-order chi connectivity index (χ1) is 14.8. The number of morpholine rings is 1. The zero-order valence-electron chi connectivity index (χ0n) is 17.1. The van der Waals surface area contributed by atoms with Gasteiger partial charge in [0.15, 0.2) is 0 Å². The van der Waals surface area contributed by atoms with Crippen LogP contribution in [0, 0.1) is 0 Å². The van der Waals surface area contributed by atoms with Gasteiger partial charge in [-0.1, -0.05) is 18.2 Å². The first-order valence-corrected chi connectivity index (χ1v) is 10.3. The Labute approximate surface area is 176 Å². The topological polar surface area (TPSA) is 63.6 Å². The summed E-state index contributed by atoms with van der Waals surface area (Å²) >= 11 is 0. The van der Waals surface area contributed by atoms with Gasteiger partial charge in [0, 0.05) is 49.7 Å². The fourth-order valence-electron chi connectivity index (χ4n) is 4.08. The highest BCUT2D eigenvalue weighted by Gasteiger charge is 2.28. The van der Waals surface area contributed by atoms with Crippen molar-refractivity contribution >= 4 is 11.8 Å². The molecule has 2 aliphatic rings. The molecule has 3 aromatic rings. The molecule has 0 amide bonds. The maximum absolute atomic E-state index is 5.53.